The van der Waals surface area contributed by atoms with Crippen LogP contribution in [-0.4, -0.2) is 5.11 Å². The second kappa shape index (κ2) is 3.60. The van der Waals surface area contributed by atoms with Crippen LogP contribution in [0.25, 0.3) is 0 Å². The maximum atomic E-state index is 10.7. The Morgan fingerprint density at radius 3 is 2.80 bits per heavy atom. The van der Waals surface area contributed by atoms with Crippen molar-refractivity contribution in [1.29, 1.82) is 0 Å². The van der Waals surface area contributed by atoms with Crippen LogP contribution in [0.4, 0.5) is 0 Å². The third-order valence-corrected chi connectivity index (χ3v) is 4.80. The highest BCUT2D eigenvalue weighted by Crippen LogP contribution is 2.49. The lowest BCUT2D eigenvalue weighted by molar-refractivity contribution is -0.0247. The lowest BCUT2D eigenvalue weighted by Gasteiger charge is -2.36. The molecular weight excluding hydrogens is 204 g/mol. The van der Waals surface area contributed by atoms with Gasteiger partial charge in [-0.3, -0.25) is 0 Å². The fraction of sp³-hybridized carbons (Fsp3) is 0.692. The minimum Gasteiger partial charge on any atom is -0.385 e. The quantitative estimate of drug-likeness (QED) is 0.811. The summed E-state index contributed by atoms with van der Waals surface area (Å²) in [5.41, 5.74) is 0.670. The van der Waals surface area contributed by atoms with E-state index in [1.54, 1.807) is 11.3 Å². The Hall–Kier alpha value is -0.340. The lowest BCUT2D eigenvalue weighted by atomic mass is 9.73. The smallest absolute Gasteiger partial charge is 0.0907 e. The van der Waals surface area contributed by atoms with E-state index >= 15 is 0 Å². The molecule has 2 atom stereocenters. The summed E-state index contributed by atoms with van der Waals surface area (Å²) in [6, 6.07) is 2.10. The van der Waals surface area contributed by atoms with Crippen molar-refractivity contribution in [3.05, 3.63) is 22.4 Å². The Kier molecular flexibility index (Phi) is 2.37. The Labute approximate surface area is 95.1 Å². The molecule has 2 aliphatic rings. The van der Waals surface area contributed by atoms with Crippen LogP contribution in [0, 0.1) is 11.8 Å². The molecule has 1 nitrogen and oxygen atoms in total. The summed E-state index contributed by atoms with van der Waals surface area (Å²) in [6.45, 7) is 0. The van der Waals surface area contributed by atoms with Gasteiger partial charge in [-0.2, -0.15) is 11.3 Å². The van der Waals surface area contributed by atoms with Crippen molar-refractivity contribution in [1.82, 2.24) is 0 Å². The molecule has 1 N–H and O–H groups in total. The van der Waals surface area contributed by atoms with E-state index in [1.165, 1.54) is 25.7 Å². The van der Waals surface area contributed by atoms with Gasteiger partial charge < -0.3 is 5.11 Å². The summed E-state index contributed by atoms with van der Waals surface area (Å²) in [4.78, 5) is 0. The molecule has 1 aromatic rings. The normalized spacial score (nSPS) is 36.7. The van der Waals surface area contributed by atoms with Gasteiger partial charge in [0.1, 0.15) is 0 Å². The average Bonchev–Trinajstić information content (AvgIpc) is 2.93. The van der Waals surface area contributed by atoms with E-state index in [4.69, 9.17) is 0 Å². The van der Waals surface area contributed by atoms with Crippen molar-refractivity contribution in [3.63, 3.8) is 0 Å². The number of hydrogen-bond donors (Lipinski definition) is 1. The lowest BCUT2D eigenvalue weighted by Crippen LogP contribution is -2.33. The third kappa shape index (κ3) is 1.85. The molecule has 1 heterocycles. The summed E-state index contributed by atoms with van der Waals surface area (Å²) < 4.78 is 0. The van der Waals surface area contributed by atoms with Gasteiger partial charge in [0.25, 0.3) is 0 Å². The van der Waals surface area contributed by atoms with E-state index in [0.29, 0.717) is 0 Å². The standard InChI is InChI=1S/C13H18OS/c14-13(12-5-7-15-9-12)6-1-2-11(8-13)10-3-4-10/h5,7,9-11,14H,1-4,6,8H2. The zero-order valence-electron chi connectivity index (χ0n) is 8.98. The summed E-state index contributed by atoms with van der Waals surface area (Å²) in [7, 11) is 0. The van der Waals surface area contributed by atoms with Crippen LogP contribution in [0.3, 0.4) is 0 Å². The number of thiophene rings is 1. The fourth-order valence-electron chi connectivity index (χ4n) is 3.06. The molecule has 2 heteroatoms. The van der Waals surface area contributed by atoms with Gasteiger partial charge in [-0.25, -0.2) is 0 Å². The zero-order valence-corrected chi connectivity index (χ0v) is 9.80. The van der Waals surface area contributed by atoms with E-state index in [-0.39, 0.29) is 0 Å². The molecule has 2 unspecified atom stereocenters. The number of rotatable bonds is 2. The van der Waals surface area contributed by atoms with Gasteiger partial charge in [0.2, 0.25) is 0 Å². The molecule has 2 saturated carbocycles. The zero-order chi connectivity index (χ0) is 10.3. The van der Waals surface area contributed by atoms with Gasteiger partial charge in [0.15, 0.2) is 0 Å². The van der Waals surface area contributed by atoms with Crippen molar-refractivity contribution in [2.45, 2.75) is 44.1 Å². The molecule has 15 heavy (non-hydrogen) atoms. The minimum absolute atomic E-state index is 0.495. The molecule has 1 aromatic heterocycles. The highest BCUT2D eigenvalue weighted by Gasteiger charge is 2.41. The fourth-order valence-corrected chi connectivity index (χ4v) is 3.80. The van der Waals surface area contributed by atoms with Crippen LogP contribution in [0.1, 0.15) is 44.1 Å². The van der Waals surface area contributed by atoms with Crippen LogP contribution in [0.2, 0.25) is 0 Å². The summed E-state index contributed by atoms with van der Waals surface area (Å²) in [6.07, 6.45) is 7.33. The first-order chi connectivity index (χ1) is 7.28. The van der Waals surface area contributed by atoms with Gasteiger partial charge in [-0.15, -0.1) is 0 Å². The van der Waals surface area contributed by atoms with E-state index in [1.807, 2.05) is 0 Å². The minimum atomic E-state index is -0.495. The molecule has 0 aliphatic heterocycles. The summed E-state index contributed by atoms with van der Waals surface area (Å²) in [5, 5.41) is 14.9. The Bertz CT molecular complexity index is 328. The first-order valence-corrected chi connectivity index (χ1v) is 6.97. The summed E-state index contributed by atoms with van der Waals surface area (Å²) in [5.74, 6) is 1.74. The van der Waals surface area contributed by atoms with E-state index in [2.05, 4.69) is 16.8 Å². The monoisotopic (exact) mass is 222 g/mol. The van der Waals surface area contributed by atoms with Crippen molar-refractivity contribution < 1.29 is 5.11 Å². The second-order valence-electron chi connectivity index (χ2n) is 5.24. The van der Waals surface area contributed by atoms with Crippen LogP contribution in [0.5, 0.6) is 0 Å². The Balaban J connectivity index is 1.79. The van der Waals surface area contributed by atoms with Crippen LogP contribution in [-0.2, 0) is 5.60 Å². The molecule has 0 amide bonds. The molecular formula is C13H18OS. The highest BCUT2D eigenvalue weighted by atomic mass is 32.1. The van der Waals surface area contributed by atoms with Crippen LogP contribution < -0.4 is 0 Å². The van der Waals surface area contributed by atoms with Crippen molar-refractivity contribution >= 4 is 11.3 Å². The molecule has 2 fully saturated rings. The topological polar surface area (TPSA) is 20.2 Å². The van der Waals surface area contributed by atoms with Gasteiger partial charge in [0, 0.05) is 0 Å². The molecule has 2 aliphatic carbocycles. The van der Waals surface area contributed by atoms with Gasteiger partial charge in [0.05, 0.1) is 5.60 Å². The van der Waals surface area contributed by atoms with E-state index in [9.17, 15) is 5.11 Å². The third-order valence-electron chi connectivity index (χ3n) is 4.11. The maximum Gasteiger partial charge on any atom is 0.0907 e. The molecule has 0 saturated heterocycles. The van der Waals surface area contributed by atoms with Gasteiger partial charge in [-0.05, 0) is 72.8 Å². The second-order valence-corrected chi connectivity index (χ2v) is 6.02. The Morgan fingerprint density at radius 2 is 2.13 bits per heavy atom. The van der Waals surface area contributed by atoms with Crippen molar-refractivity contribution in [2.24, 2.45) is 11.8 Å². The molecule has 0 aromatic carbocycles. The number of hydrogen-bond acceptors (Lipinski definition) is 2. The van der Waals surface area contributed by atoms with E-state index < -0.39 is 5.60 Å². The highest BCUT2D eigenvalue weighted by molar-refractivity contribution is 7.08. The van der Waals surface area contributed by atoms with Gasteiger partial charge in [-0.1, -0.05) is 0 Å². The Morgan fingerprint density at radius 1 is 1.27 bits per heavy atom. The SMILES string of the molecule is OC1(c2ccsc2)CCCC(C2CC2)C1. The maximum absolute atomic E-state index is 10.7. The van der Waals surface area contributed by atoms with E-state index in [0.717, 1.165) is 30.2 Å². The molecule has 3 rings (SSSR count). The number of aliphatic hydroxyl groups is 1. The molecule has 0 radical (unpaired) electrons. The van der Waals surface area contributed by atoms with Crippen LogP contribution in [0.15, 0.2) is 16.8 Å². The van der Waals surface area contributed by atoms with Gasteiger partial charge >= 0.3 is 0 Å². The molecule has 0 bridgehead atoms. The van der Waals surface area contributed by atoms with Crippen LogP contribution >= 0.6 is 11.3 Å². The largest absolute Gasteiger partial charge is 0.385 e. The predicted molar refractivity (Wildman–Crippen MR) is 62.9 cm³/mol. The predicted octanol–water partition coefficient (Wildman–Crippen LogP) is 3.54. The molecule has 0 spiro atoms. The van der Waals surface area contributed by atoms with Crippen molar-refractivity contribution in [2.75, 3.05) is 0 Å². The molecule has 82 valence electrons. The van der Waals surface area contributed by atoms with Crippen molar-refractivity contribution in [3.8, 4) is 0 Å². The average molecular weight is 222 g/mol. The first kappa shape index (κ1) is 9.86. The summed E-state index contributed by atoms with van der Waals surface area (Å²) >= 11 is 1.70. The first-order valence-electron chi connectivity index (χ1n) is 6.03.